The number of hydrogen-bond donors (Lipinski definition) is 2. The molecule has 0 saturated carbocycles. The van der Waals surface area contributed by atoms with Gasteiger partial charge in [-0.2, -0.15) is 13.2 Å². The third-order valence-electron chi connectivity index (χ3n) is 3.19. The lowest BCUT2D eigenvalue weighted by atomic mass is 10.0. The number of halogens is 3. The van der Waals surface area contributed by atoms with Crippen LogP contribution in [0.5, 0.6) is 0 Å². The van der Waals surface area contributed by atoms with Gasteiger partial charge in [0, 0.05) is 12.3 Å². The number of hydrazine groups is 1. The van der Waals surface area contributed by atoms with Gasteiger partial charge in [-0.15, -0.1) is 0 Å². The zero-order valence-electron chi connectivity index (χ0n) is 11.1. The number of benzene rings is 1. The fraction of sp³-hybridized carbons (Fsp3) is 0.500. The predicted molar refractivity (Wildman–Crippen MR) is 70.6 cm³/mol. The van der Waals surface area contributed by atoms with E-state index in [1.54, 1.807) is 0 Å². The molecule has 8 heteroatoms. The first-order valence-corrected chi connectivity index (χ1v) is 7.82. The van der Waals surface area contributed by atoms with Crippen molar-refractivity contribution in [3.63, 3.8) is 0 Å². The lowest BCUT2D eigenvalue weighted by molar-refractivity contribution is -0.137. The van der Waals surface area contributed by atoms with Crippen molar-refractivity contribution in [3.8, 4) is 0 Å². The molecule has 1 aromatic carbocycles. The molecule has 0 aromatic heterocycles. The molecule has 3 N–H and O–H groups in total. The minimum absolute atomic E-state index is 0.225. The van der Waals surface area contributed by atoms with Crippen molar-refractivity contribution in [2.24, 2.45) is 5.84 Å². The summed E-state index contributed by atoms with van der Waals surface area (Å²) in [6, 6.07) is 4.01. The third kappa shape index (κ3) is 4.46. The summed E-state index contributed by atoms with van der Waals surface area (Å²) in [5.41, 5.74) is 2.24. The van der Waals surface area contributed by atoms with Crippen molar-refractivity contribution in [1.82, 2.24) is 5.43 Å². The molecule has 0 fully saturated rings. The Morgan fingerprint density at radius 3 is 2.10 bits per heavy atom. The summed E-state index contributed by atoms with van der Waals surface area (Å²) in [6.45, 7) is 1.50. The Morgan fingerprint density at radius 1 is 1.25 bits per heavy atom. The Labute approximate surface area is 116 Å². The normalized spacial score (nSPS) is 15.9. The molecule has 0 heterocycles. The van der Waals surface area contributed by atoms with Crippen LogP contribution in [0.15, 0.2) is 24.3 Å². The highest BCUT2D eigenvalue weighted by atomic mass is 32.2. The predicted octanol–water partition coefficient (Wildman–Crippen LogP) is 1.51. The van der Waals surface area contributed by atoms with Crippen LogP contribution in [0.3, 0.4) is 0 Å². The molecular formula is C12H17F3N2O2S. The molecule has 0 radical (unpaired) electrons. The highest BCUT2D eigenvalue weighted by Gasteiger charge is 2.30. The van der Waals surface area contributed by atoms with Crippen LogP contribution >= 0.6 is 0 Å². The van der Waals surface area contributed by atoms with Gasteiger partial charge in [-0.05, 0) is 31.0 Å². The van der Waals surface area contributed by atoms with E-state index in [1.807, 2.05) is 0 Å². The summed E-state index contributed by atoms with van der Waals surface area (Å²) in [6.07, 6.45) is -3.07. The number of sulfone groups is 1. The van der Waals surface area contributed by atoms with Crippen molar-refractivity contribution in [3.05, 3.63) is 35.4 Å². The Kier molecular flexibility index (Phi) is 5.17. The van der Waals surface area contributed by atoms with Crippen molar-refractivity contribution < 1.29 is 21.6 Å². The molecule has 0 spiro atoms. The number of hydrogen-bond acceptors (Lipinski definition) is 4. The summed E-state index contributed by atoms with van der Waals surface area (Å²) in [5, 5.41) is -0.741. The smallest absolute Gasteiger partial charge is 0.271 e. The van der Waals surface area contributed by atoms with Gasteiger partial charge in [0.25, 0.3) is 0 Å². The van der Waals surface area contributed by atoms with Gasteiger partial charge >= 0.3 is 6.18 Å². The lowest BCUT2D eigenvalue weighted by Gasteiger charge is -2.22. The summed E-state index contributed by atoms with van der Waals surface area (Å²) < 4.78 is 60.2. The lowest BCUT2D eigenvalue weighted by Crippen LogP contribution is -2.47. The van der Waals surface area contributed by atoms with Gasteiger partial charge in [-0.25, -0.2) is 8.42 Å². The largest absolute Gasteiger partial charge is 0.416 e. The zero-order valence-corrected chi connectivity index (χ0v) is 11.9. The van der Waals surface area contributed by atoms with Gasteiger partial charge in [0.1, 0.15) is 0 Å². The summed E-state index contributed by atoms with van der Waals surface area (Å²) in [7, 11) is -3.29. The highest BCUT2D eigenvalue weighted by Crippen LogP contribution is 2.29. The Balaban J connectivity index is 2.87. The summed E-state index contributed by atoms with van der Waals surface area (Å²) >= 11 is 0. The fourth-order valence-corrected chi connectivity index (χ4v) is 2.51. The molecule has 0 bridgehead atoms. The second-order valence-electron chi connectivity index (χ2n) is 4.71. The summed E-state index contributed by atoms with van der Waals surface area (Å²) in [4.78, 5) is 0. The maximum Gasteiger partial charge on any atom is 0.416 e. The Bertz CT molecular complexity index is 541. The van der Waals surface area contributed by atoms with E-state index >= 15 is 0 Å². The van der Waals surface area contributed by atoms with Gasteiger partial charge in [0.15, 0.2) is 9.84 Å². The van der Waals surface area contributed by atoms with Gasteiger partial charge in [-0.1, -0.05) is 12.1 Å². The molecule has 0 aliphatic rings. The number of alkyl halides is 3. The molecule has 1 aromatic rings. The fourth-order valence-electron chi connectivity index (χ4n) is 1.74. The molecule has 20 heavy (non-hydrogen) atoms. The Hall–Kier alpha value is -1.12. The maximum atomic E-state index is 12.4. The Morgan fingerprint density at radius 2 is 1.75 bits per heavy atom. The number of nitrogens with one attached hydrogen (secondary N) is 1. The maximum absolute atomic E-state index is 12.4. The molecule has 0 aliphatic heterocycles. The van der Waals surface area contributed by atoms with E-state index in [-0.39, 0.29) is 6.42 Å². The van der Waals surface area contributed by atoms with Gasteiger partial charge in [0.05, 0.1) is 10.8 Å². The van der Waals surface area contributed by atoms with E-state index in [4.69, 9.17) is 5.84 Å². The first-order valence-electron chi connectivity index (χ1n) is 5.87. The van der Waals surface area contributed by atoms with Crippen LogP contribution in [0.2, 0.25) is 0 Å². The van der Waals surface area contributed by atoms with E-state index in [1.165, 1.54) is 19.1 Å². The van der Waals surface area contributed by atoms with Gasteiger partial charge < -0.3 is 0 Å². The van der Waals surface area contributed by atoms with Crippen molar-refractivity contribution in [2.75, 3.05) is 6.26 Å². The molecule has 1 rings (SSSR count). The second-order valence-corrected chi connectivity index (χ2v) is 7.11. The summed E-state index contributed by atoms with van der Waals surface area (Å²) in [5.74, 6) is 5.32. The topological polar surface area (TPSA) is 72.2 Å². The van der Waals surface area contributed by atoms with Crippen molar-refractivity contribution >= 4 is 9.84 Å². The van der Waals surface area contributed by atoms with Crippen LogP contribution < -0.4 is 11.3 Å². The molecule has 2 atom stereocenters. The highest BCUT2D eigenvalue weighted by molar-refractivity contribution is 7.91. The average Bonchev–Trinajstić information content (AvgIpc) is 2.33. The molecule has 4 nitrogen and oxygen atoms in total. The van der Waals surface area contributed by atoms with E-state index < -0.39 is 32.9 Å². The standard InChI is InChI=1S/C12H17F3N2O2S/c1-8(20(2,18)19)11(17-16)7-9-3-5-10(6-4-9)12(13,14)15/h3-6,8,11,17H,7,16H2,1-2H3. The number of nitrogens with two attached hydrogens (primary N) is 1. The number of rotatable bonds is 5. The third-order valence-corrected chi connectivity index (χ3v) is 4.87. The SMILES string of the molecule is CC(C(Cc1ccc(C(F)(F)F)cc1)NN)S(C)(=O)=O. The monoisotopic (exact) mass is 310 g/mol. The van der Waals surface area contributed by atoms with Crippen LogP contribution in [0, 0.1) is 0 Å². The zero-order chi connectivity index (χ0) is 15.6. The molecule has 0 amide bonds. The quantitative estimate of drug-likeness (QED) is 0.639. The van der Waals surface area contributed by atoms with E-state index in [9.17, 15) is 21.6 Å². The van der Waals surface area contributed by atoms with E-state index in [0.29, 0.717) is 5.56 Å². The second kappa shape index (κ2) is 6.11. The van der Waals surface area contributed by atoms with Gasteiger partial charge in [0.2, 0.25) is 0 Å². The molecule has 0 aliphatic carbocycles. The van der Waals surface area contributed by atoms with Crippen LogP contribution in [-0.4, -0.2) is 26.0 Å². The average molecular weight is 310 g/mol. The molecule has 0 saturated heterocycles. The van der Waals surface area contributed by atoms with Crippen molar-refractivity contribution in [1.29, 1.82) is 0 Å². The van der Waals surface area contributed by atoms with Crippen LogP contribution in [0.1, 0.15) is 18.1 Å². The van der Waals surface area contributed by atoms with E-state index in [0.717, 1.165) is 18.4 Å². The molecule has 2 unspecified atom stereocenters. The minimum atomic E-state index is -4.38. The first kappa shape index (κ1) is 16.9. The van der Waals surface area contributed by atoms with E-state index in [2.05, 4.69) is 5.43 Å². The minimum Gasteiger partial charge on any atom is -0.271 e. The van der Waals surface area contributed by atoms with Crippen LogP contribution in [0.4, 0.5) is 13.2 Å². The van der Waals surface area contributed by atoms with Crippen molar-refractivity contribution in [2.45, 2.75) is 30.8 Å². The molecular weight excluding hydrogens is 293 g/mol. The molecule has 114 valence electrons. The van der Waals surface area contributed by atoms with Gasteiger partial charge in [-0.3, -0.25) is 11.3 Å². The van der Waals surface area contributed by atoms with Crippen LogP contribution in [-0.2, 0) is 22.4 Å². The first-order chi connectivity index (χ1) is 9.05. The van der Waals surface area contributed by atoms with Crippen LogP contribution in [0.25, 0.3) is 0 Å².